The Morgan fingerprint density at radius 1 is 1.17 bits per heavy atom. The average molecular weight is 248 g/mol. The molecule has 0 aliphatic heterocycles. The van der Waals surface area contributed by atoms with E-state index in [0.29, 0.717) is 0 Å². The number of hydrogen-bond acceptors (Lipinski definition) is 3. The van der Waals surface area contributed by atoms with E-state index in [4.69, 9.17) is 9.47 Å². The molecule has 4 heteroatoms. The molecule has 0 aliphatic carbocycles. The van der Waals surface area contributed by atoms with Crippen LogP contribution >= 0.6 is 0 Å². The molecule has 0 aliphatic rings. The first-order chi connectivity index (χ1) is 8.85. The van der Waals surface area contributed by atoms with E-state index >= 15 is 0 Å². The fraction of sp³-hybridized carbons (Fsp3) is 0.429. The molecular weight excluding hydrogens is 228 g/mol. The van der Waals surface area contributed by atoms with Gasteiger partial charge in [0, 0.05) is 43.8 Å². The molecule has 98 valence electrons. The van der Waals surface area contributed by atoms with E-state index in [0.717, 1.165) is 32.0 Å². The van der Waals surface area contributed by atoms with Crippen molar-refractivity contribution in [1.82, 2.24) is 9.88 Å². The van der Waals surface area contributed by atoms with Gasteiger partial charge in [0.2, 0.25) is 0 Å². The van der Waals surface area contributed by atoms with E-state index in [9.17, 15) is 0 Å². The van der Waals surface area contributed by atoms with Gasteiger partial charge < -0.3 is 19.4 Å². The zero-order valence-corrected chi connectivity index (χ0v) is 11.0. The Morgan fingerprint density at radius 2 is 2.06 bits per heavy atom. The third kappa shape index (κ3) is 3.03. The summed E-state index contributed by atoms with van der Waals surface area (Å²) < 4.78 is 12.5. The smallest absolute Gasteiger partial charge is 0.119 e. The molecule has 0 unspecified atom stereocenters. The van der Waals surface area contributed by atoms with Gasteiger partial charge in [0.25, 0.3) is 0 Å². The highest BCUT2D eigenvalue weighted by Gasteiger charge is 2.01. The molecule has 0 bridgehead atoms. The third-order valence-electron chi connectivity index (χ3n) is 2.99. The molecule has 1 aromatic heterocycles. The SMILES string of the molecule is COCCNCCn1ccc2cc(OC)ccc21. The van der Waals surface area contributed by atoms with E-state index in [-0.39, 0.29) is 0 Å². The predicted octanol–water partition coefficient (Wildman–Crippen LogP) is 1.89. The molecule has 0 atom stereocenters. The maximum absolute atomic E-state index is 5.22. The van der Waals surface area contributed by atoms with Crippen molar-refractivity contribution in [2.75, 3.05) is 33.9 Å². The van der Waals surface area contributed by atoms with Gasteiger partial charge in [0.05, 0.1) is 13.7 Å². The number of fused-ring (bicyclic) bond motifs is 1. The second-order valence-corrected chi connectivity index (χ2v) is 4.18. The van der Waals surface area contributed by atoms with Gasteiger partial charge in [0.15, 0.2) is 0 Å². The molecule has 1 N–H and O–H groups in total. The molecule has 0 radical (unpaired) electrons. The van der Waals surface area contributed by atoms with E-state index in [1.807, 2.05) is 6.07 Å². The standard InChI is InChI=1S/C14H20N2O2/c1-17-10-7-15-6-9-16-8-5-12-11-13(18-2)3-4-14(12)16/h3-5,8,11,15H,6-7,9-10H2,1-2H3. The monoisotopic (exact) mass is 248 g/mol. The van der Waals surface area contributed by atoms with E-state index in [1.165, 1.54) is 10.9 Å². The number of aromatic nitrogens is 1. The summed E-state index contributed by atoms with van der Waals surface area (Å²) in [5, 5.41) is 4.56. The second-order valence-electron chi connectivity index (χ2n) is 4.18. The van der Waals surface area contributed by atoms with Gasteiger partial charge in [-0.05, 0) is 24.3 Å². The predicted molar refractivity (Wildman–Crippen MR) is 73.2 cm³/mol. The van der Waals surface area contributed by atoms with Crippen molar-refractivity contribution >= 4 is 10.9 Å². The normalized spacial score (nSPS) is 11.0. The lowest BCUT2D eigenvalue weighted by atomic mass is 10.2. The molecule has 1 heterocycles. The van der Waals surface area contributed by atoms with Crippen LogP contribution < -0.4 is 10.1 Å². The van der Waals surface area contributed by atoms with Crippen LogP contribution in [-0.2, 0) is 11.3 Å². The van der Waals surface area contributed by atoms with Crippen LogP contribution in [0.4, 0.5) is 0 Å². The van der Waals surface area contributed by atoms with Crippen LogP contribution in [0.1, 0.15) is 0 Å². The zero-order chi connectivity index (χ0) is 12.8. The van der Waals surface area contributed by atoms with Gasteiger partial charge in [-0.15, -0.1) is 0 Å². The molecule has 2 aromatic rings. The second kappa shape index (κ2) is 6.42. The van der Waals surface area contributed by atoms with Crippen molar-refractivity contribution in [3.63, 3.8) is 0 Å². The number of benzene rings is 1. The van der Waals surface area contributed by atoms with E-state index in [1.54, 1.807) is 14.2 Å². The Morgan fingerprint density at radius 3 is 2.83 bits per heavy atom. The number of nitrogens with one attached hydrogen (secondary N) is 1. The van der Waals surface area contributed by atoms with Crippen molar-refractivity contribution in [2.24, 2.45) is 0 Å². The highest BCUT2D eigenvalue weighted by molar-refractivity contribution is 5.81. The minimum absolute atomic E-state index is 0.754. The fourth-order valence-electron chi connectivity index (χ4n) is 2.00. The molecule has 18 heavy (non-hydrogen) atoms. The van der Waals surface area contributed by atoms with Gasteiger partial charge in [-0.3, -0.25) is 0 Å². The summed E-state index contributed by atoms with van der Waals surface area (Å²) in [7, 11) is 3.41. The molecule has 1 aromatic carbocycles. The van der Waals surface area contributed by atoms with Crippen molar-refractivity contribution in [1.29, 1.82) is 0 Å². The average Bonchev–Trinajstić information content (AvgIpc) is 2.81. The van der Waals surface area contributed by atoms with Crippen LogP contribution in [0.25, 0.3) is 10.9 Å². The molecule has 0 saturated carbocycles. The van der Waals surface area contributed by atoms with Crippen LogP contribution in [-0.4, -0.2) is 38.5 Å². The van der Waals surface area contributed by atoms with Gasteiger partial charge in [-0.1, -0.05) is 0 Å². The lowest BCUT2D eigenvalue weighted by molar-refractivity contribution is 0.199. The number of hydrogen-bond donors (Lipinski definition) is 1. The summed E-state index contributed by atoms with van der Waals surface area (Å²) in [4.78, 5) is 0. The quantitative estimate of drug-likeness (QED) is 0.760. The lowest BCUT2D eigenvalue weighted by Crippen LogP contribution is -2.23. The molecule has 4 nitrogen and oxygen atoms in total. The number of ether oxygens (including phenoxy) is 2. The minimum Gasteiger partial charge on any atom is -0.497 e. The Kier molecular flexibility index (Phi) is 4.61. The van der Waals surface area contributed by atoms with Gasteiger partial charge >= 0.3 is 0 Å². The van der Waals surface area contributed by atoms with Crippen LogP contribution in [0.2, 0.25) is 0 Å². The van der Waals surface area contributed by atoms with Crippen LogP contribution in [0.15, 0.2) is 30.5 Å². The number of rotatable bonds is 7. The minimum atomic E-state index is 0.754. The molecule has 0 saturated heterocycles. The Balaban J connectivity index is 1.97. The molecule has 0 spiro atoms. The van der Waals surface area contributed by atoms with Crippen LogP contribution in [0.3, 0.4) is 0 Å². The van der Waals surface area contributed by atoms with Crippen molar-refractivity contribution in [3.8, 4) is 5.75 Å². The summed E-state index contributed by atoms with van der Waals surface area (Å²) in [6, 6.07) is 8.28. The molecule has 2 rings (SSSR count). The highest BCUT2D eigenvalue weighted by Crippen LogP contribution is 2.21. The lowest BCUT2D eigenvalue weighted by Gasteiger charge is -2.07. The molecule has 0 fully saturated rings. The Labute approximate surface area is 107 Å². The van der Waals surface area contributed by atoms with Crippen LogP contribution in [0, 0.1) is 0 Å². The van der Waals surface area contributed by atoms with Gasteiger partial charge in [-0.25, -0.2) is 0 Å². The van der Waals surface area contributed by atoms with Crippen molar-refractivity contribution in [3.05, 3.63) is 30.5 Å². The van der Waals surface area contributed by atoms with E-state index in [2.05, 4.69) is 34.3 Å². The van der Waals surface area contributed by atoms with Gasteiger partial charge in [-0.2, -0.15) is 0 Å². The third-order valence-corrected chi connectivity index (χ3v) is 2.99. The molecule has 0 amide bonds. The Bertz CT molecular complexity index is 493. The first-order valence-electron chi connectivity index (χ1n) is 6.17. The summed E-state index contributed by atoms with van der Waals surface area (Å²) >= 11 is 0. The first-order valence-corrected chi connectivity index (χ1v) is 6.17. The maximum atomic E-state index is 5.22. The van der Waals surface area contributed by atoms with E-state index < -0.39 is 0 Å². The first kappa shape index (κ1) is 12.9. The van der Waals surface area contributed by atoms with Crippen molar-refractivity contribution in [2.45, 2.75) is 6.54 Å². The van der Waals surface area contributed by atoms with Gasteiger partial charge in [0.1, 0.15) is 5.75 Å². The summed E-state index contributed by atoms with van der Waals surface area (Å²) in [6.07, 6.45) is 2.11. The zero-order valence-electron chi connectivity index (χ0n) is 11.0. The number of nitrogens with zero attached hydrogens (tertiary/aromatic N) is 1. The summed E-state index contributed by atoms with van der Waals surface area (Å²) in [6.45, 7) is 3.55. The molecular formula is C14H20N2O2. The fourth-order valence-corrected chi connectivity index (χ4v) is 2.00. The Hall–Kier alpha value is -1.52. The highest BCUT2D eigenvalue weighted by atomic mass is 16.5. The summed E-state index contributed by atoms with van der Waals surface area (Å²) in [5.41, 5.74) is 1.24. The maximum Gasteiger partial charge on any atom is 0.119 e. The van der Waals surface area contributed by atoms with Crippen molar-refractivity contribution < 1.29 is 9.47 Å². The topological polar surface area (TPSA) is 35.4 Å². The summed E-state index contributed by atoms with van der Waals surface area (Å²) in [5.74, 6) is 0.901. The van der Waals surface area contributed by atoms with Crippen LogP contribution in [0.5, 0.6) is 5.75 Å². The number of methoxy groups -OCH3 is 2. The largest absolute Gasteiger partial charge is 0.497 e.